The molecule has 0 saturated heterocycles. The zero-order valence-electron chi connectivity index (χ0n) is 12.1. The van der Waals surface area contributed by atoms with Crippen molar-refractivity contribution < 1.29 is 10.2 Å². The van der Waals surface area contributed by atoms with Gasteiger partial charge in [-0.05, 0) is 35.4 Å². The SMILES string of the molecule is O=c1[nH]c(O)cc2c1=CCC(=Cc1c[nH]c3cc(O)ccc13)C=2. The van der Waals surface area contributed by atoms with E-state index >= 15 is 0 Å². The van der Waals surface area contributed by atoms with Crippen molar-refractivity contribution in [3.05, 3.63) is 62.4 Å². The molecule has 4 N–H and O–H groups in total. The number of nitrogens with one attached hydrogen (secondary N) is 2. The minimum atomic E-state index is -0.280. The smallest absolute Gasteiger partial charge is 0.258 e. The Kier molecular flexibility index (Phi) is 2.87. The number of hydrogen-bond acceptors (Lipinski definition) is 3. The molecule has 2 aromatic heterocycles. The van der Waals surface area contributed by atoms with Crippen LogP contribution in [0.15, 0.2) is 40.8 Å². The fourth-order valence-electron chi connectivity index (χ4n) is 2.94. The lowest BCUT2D eigenvalue weighted by Gasteiger charge is -2.05. The largest absolute Gasteiger partial charge is 0.508 e. The molecule has 0 radical (unpaired) electrons. The third kappa shape index (κ3) is 2.32. The lowest BCUT2D eigenvalue weighted by Crippen LogP contribution is -2.41. The molecule has 0 fully saturated rings. The Morgan fingerprint density at radius 3 is 2.91 bits per heavy atom. The Morgan fingerprint density at radius 2 is 2.04 bits per heavy atom. The summed E-state index contributed by atoms with van der Waals surface area (Å²) in [5, 5.41) is 21.4. The van der Waals surface area contributed by atoms with E-state index in [1.807, 2.05) is 30.5 Å². The second-order valence-electron chi connectivity index (χ2n) is 5.60. The van der Waals surface area contributed by atoms with Gasteiger partial charge < -0.3 is 15.2 Å². The number of aromatic hydroxyl groups is 2. The third-order valence-electron chi connectivity index (χ3n) is 4.01. The Bertz CT molecular complexity index is 1130. The zero-order valence-corrected chi connectivity index (χ0v) is 12.1. The van der Waals surface area contributed by atoms with Crippen molar-refractivity contribution in [3.63, 3.8) is 0 Å². The average Bonchev–Trinajstić information content (AvgIpc) is 2.88. The molecule has 23 heavy (non-hydrogen) atoms. The van der Waals surface area contributed by atoms with Gasteiger partial charge in [0.2, 0.25) is 0 Å². The zero-order chi connectivity index (χ0) is 16.0. The fraction of sp³-hybridized carbons (Fsp3) is 0.0556. The van der Waals surface area contributed by atoms with Crippen LogP contribution < -0.4 is 16.0 Å². The van der Waals surface area contributed by atoms with E-state index in [1.165, 1.54) is 0 Å². The Hall–Kier alpha value is -3.21. The van der Waals surface area contributed by atoms with Crippen LogP contribution in [-0.4, -0.2) is 20.2 Å². The van der Waals surface area contributed by atoms with E-state index in [4.69, 9.17) is 0 Å². The highest BCUT2D eigenvalue weighted by Gasteiger charge is 2.06. The van der Waals surface area contributed by atoms with Gasteiger partial charge in [0.15, 0.2) is 5.88 Å². The number of H-pyrrole nitrogens is 2. The van der Waals surface area contributed by atoms with Gasteiger partial charge in [0.25, 0.3) is 5.56 Å². The molecular formula is C18H14N2O3. The highest BCUT2D eigenvalue weighted by atomic mass is 16.3. The predicted molar refractivity (Wildman–Crippen MR) is 89.5 cm³/mol. The summed E-state index contributed by atoms with van der Waals surface area (Å²) in [7, 11) is 0. The molecule has 1 aliphatic rings. The molecule has 4 rings (SSSR count). The van der Waals surface area contributed by atoms with Crippen molar-refractivity contribution in [2.24, 2.45) is 0 Å². The van der Waals surface area contributed by atoms with Crippen LogP contribution in [0.3, 0.4) is 0 Å². The minimum Gasteiger partial charge on any atom is -0.508 e. The number of phenols is 1. The molecule has 0 saturated carbocycles. The molecule has 0 spiro atoms. The Balaban J connectivity index is 1.86. The molecule has 0 aliphatic heterocycles. The second kappa shape index (κ2) is 4.91. The second-order valence-corrected chi connectivity index (χ2v) is 5.60. The molecule has 0 amide bonds. The first-order valence-electron chi connectivity index (χ1n) is 7.25. The number of aromatic nitrogens is 2. The maximum absolute atomic E-state index is 11.8. The van der Waals surface area contributed by atoms with Crippen LogP contribution in [0.25, 0.3) is 29.1 Å². The number of hydrogen-bond donors (Lipinski definition) is 4. The molecule has 114 valence electrons. The van der Waals surface area contributed by atoms with Crippen molar-refractivity contribution in [1.29, 1.82) is 0 Å². The summed E-state index contributed by atoms with van der Waals surface area (Å²) in [4.78, 5) is 17.3. The Labute approximate surface area is 130 Å². The summed E-state index contributed by atoms with van der Waals surface area (Å²) in [5.41, 5.74) is 2.64. The van der Waals surface area contributed by atoms with E-state index in [0.717, 1.165) is 22.0 Å². The number of benzene rings is 1. The van der Waals surface area contributed by atoms with E-state index < -0.39 is 0 Å². The first-order valence-corrected chi connectivity index (χ1v) is 7.25. The van der Waals surface area contributed by atoms with Gasteiger partial charge in [-0.3, -0.25) is 9.78 Å². The van der Waals surface area contributed by atoms with Crippen LogP contribution in [0.5, 0.6) is 11.6 Å². The normalized spacial score (nSPS) is 15.2. The number of pyridine rings is 1. The summed E-state index contributed by atoms with van der Waals surface area (Å²) in [6.07, 6.45) is 8.33. The lowest BCUT2D eigenvalue weighted by atomic mass is 10.0. The monoisotopic (exact) mass is 306 g/mol. The highest BCUT2D eigenvalue weighted by Crippen LogP contribution is 2.25. The molecule has 5 nitrogen and oxygen atoms in total. The van der Waals surface area contributed by atoms with Gasteiger partial charge in [0, 0.05) is 40.0 Å². The van der Waals surface area contributed by atoms with Crippen molar-refractivity contribution in [1.82, 2.24) is 9.97 Å². The summed E-state index contributed by atoms with van der Waals surface area (Å²) in [6.45, 7) is 0. The number of phenolic OH excluding ortho intramolecular Hbond substituents is 1. The van der Waals surface area contributed by atoms with Gasteiger partial charge in [-0.2, -0.15) is 0 Å². The Morgan fingerprint density at radius 1 is 1.17 bits per heavy atom. The van der Waals surface area contributed by atoms with Crippen LogP contribution >= 0.6 is 0 Å². The first-order chi connectivity index (χ1) is 11.1. The lowest BCUT2D eigenvalue weighted by molar-refractivity contribution is 0.450. The summed E-state index contributed by atoms with van der Waals surface area (Å²) in [6, 6.07) is 6.75. The van der Waals surface area contributed by atoms with Crippen molar-refractivity contribution in [3.8, 4) is 11.6 Å². The topological polar surface area (TPSA) is 89.1 Å². The molecule has 5 heteroatoms. The number of allylic oxidation sites excluding steroid dienone is 1. The van der Waals surface area contributed by atoms with Crippen LogP contribution in [-0.2, 0) is 0 Å². The number of aromatic amines is 2. The number of rotatable bonds is 1. The molecule has 2 heterocycles. The standard InChI is InChI=1S/C18H14N2O3/c21-13-2-4-14-12(9-19-16(14)8-13)6-10-1-3-15-11(5-10)7-17(22)20-18(15)23/h2-9,19,21-22H,1H2,(H,20,23). The van der Waals surface area contributed by atoms with Gasteiger partial charge in [-0.15, -0.1) is 0 Å². The van der Waals surface area contributed by atoms with E-state index in [0.29, 0.717) is 16.9 Å². The van der Waals surface area contributed by atoms with Gasteiger partial charge in [0.05, 0.1) is 0 Å². The fourth-order valence-corrected chi connectivity index (χ4v) is 2.94. The van der Waals surface area contributed by atoms with Gasteiger partial charge >= 0.3 is 0 Å². The predicted octanol–water partition coefficient (Wildman–Crippen LogP) is 1.32. The van der Waals surface area contributed by atoms with E-state index in [1.54, 1.807) is 18.2 Å². The van der Waals surface area contributed by atoms with Crippen LogP contribution in [0, 0.1) is 0 Å². The van der Waals surface area contributed by atoms with Crippen LogP contribution in [0.2, 0.25) is 0 Å². The molecular weight excluding hydrogens is 292 g/mol. The maximum atomic E-state index is 11.8. The van der Waals surface area contributed by atoms with Crippen LogP contribution in [0.1, 0.15) is 12.0 Å². The van der Waals surface area contributed by atoms with Crippen molar-refractivity contribution in [2.45, 2.75) is 6.42 Å². The van der Waals surface area contributed by atoms with Gasteiger partial charge in [0.1, 0.15) is 5.75 Å². The summed E-state index contributed by atoms with van der Waals surface area (Å²) in [5.74, 6) is 0.0852. The van der Waals surface area contributed by atoms with Gasteiger partial charge in [-0.1, -0.05) is 12.2 Å². The third-order valence-corrected chi connectivity index (χ3v) is 4.01. The summed E-state index contributed by atoms with van der Waals surface area (Å²) < 4.78 is 0. The molecule has 0 atom stereocenters. The first kappa shape index (κ1) is 13.5. The molecule has 1 aliphatic carbocycles. The summed E-state index contributed by atoms with van der Waals surface area (Å²) >= 11 is 0. The minimum absolute atomic E-state index is 0.137. The number of fused-ring (bicyclic) bond motifs is 2. The van der Waals surface area contributed by atoms with E-state index in [2.05, 4.69) is 9.97 Å². The van der Waals surface area contributed by atoms with Crippen molar-refractivity contribution >= 4 is 29.1 Å². The maximum Gasteiger partial charge on any atom is 0.258 e. The molecule has 3 aromatic rings. The van der Waals surface area contributed by atoms with Crippen molar-refractivity contribution in [2.75, 3.05) is 0 Å². The van der Waals surface area contributed by atoms with E-state index in [9.17, 15) is 15.0 Å². The van der Waals surface area contributed by atoms with Crippen LogP contribution in [0.4, 0.5) is 0 Å². The van der Waals surface area contributed by atoms with Gasteiger partial charge in [-0.25, -0.2) is 0 Å². The quantitative estimate of drug-likeness (QED) is 0.546. The molecule has 0 unspecified atom stereocenters. The highest BCUT2D eigenvalue weighted by molar-refractivity contribution is 5.91. The molecule has 0 bridgehead atoms. The average molecular weight is 306 g/mol. The molecule has 1 aromatic carbocycles. The van der Waals surface area contributed by atoms with E-state index in [-0.39, 0.29) is 17.2 Å².